The molecule has 1 aliphatic heterocycles. The van der Waals surface area contributed by atoms with E-state index < -0.39 is 14.9 Å². The molecular weight excluding hydrogens is 275 g/mol. The highest BCUT2D eigenvalue weighted by molar-refractivity contribution is 7.50. The predicted octanol–water partition coefficient (Wildman–Crippen LogP) is 2.50. The van der Waals surface area contributed by atoms with Gasteiger partial charge in [-0.25, -0.2) is 0 Å². The van der Waals surface area contributed by atoms with Gasteiger partial charge in [0.05, 0.1) is 20.2 Å². The maximum absolute atomic E-state index is 8.90. The number of hydrogen-bond acceptors (Lipinski definition) is 5. The van der Waals surface area contributed by atoms with Crippen LogP contribution in [0.4, 0.5) is 0 Å². The second-order valence-corrected chi connectivity index (χ2v) is 7.26. The van der Waals surface area contributed by atoms with Crippen LogP contribution in [0, 0.1) is 11.3 Å². The highest BCUT2D eigenvalue weighted by Crippen LogP contribution is 2.47. The molecule has 1 rings (SSSR count). The van der Waals surface area contributed by atoms with Gasteiger partial charge in [-0.15, -0.1) is 0 Å². The summed E-state index contributed by atoms with van der Waals surface area (Å²) < 4.78 is 28.6. The smallest absolute Gasteiger partial charge is 0.210 e. The first-order valence-corrected chi connectivity index (χ1v) is 8.55. The molecule has 5 nitrogen and oxygen atoms in total. The number of aliphatic hydroxyl groups excluding tert-OH is 1. The van der Waals surface area contributed by atoms with Gasteiger partial charge in [-0.2, -0.15) is 5.26 Å². The zero-order chi connectivity index (χ0) is 16.7. The van der Waals surface area contributed by atoms with E-state index in [0.29, 0.717) is 31.1 Å². The quantitative estimate of drug-likeness (QED) is 0.663. The average Bonchev–Trinajstić information content (AvgIpc) is 2.75. The molecule has 1 heterocycles. The lowest BCUT2D eigenvalue weighted by molar-refractivity contribution is 0.0132. The zero-order valence-corrected chi connectivity index (χ0v) is 13.7. The molecule has 0 aromatic rings. The van der Waals surface area contributed by atoms with Crippen molar-refractivity contribution in [2.24, 2.45) is 0 Å². The molecule has 1 N–H and O–H groups in total. The van der Waals surface area contributed by atoms with Crippen LogP contribution < -0.4 is 0 Å². The van der Waals surface area contributed by atoms with Crippen LogP contribution in [0.2, 0.25) is 0 Å². The maximum atomic E-state index is 8.90. The molecule has 20 heavy (non-hydrogen) atoms. The molecule has 1 fully saturated rings. The number of nitriles is 1. The summed E-state index contributed by atoms with van der Waals surface area (Å²) in [7, 11) is -0.946. The molecule has 0 aromatic carbocycles. The van der Waals surface area contributed by atoms with Gasteiger partial charge in [0, 0.05) is 31.2 Å². The van der Waals surface area contributed by atoms with Crippen LogP contribution in [-0.2, 0) is 9.26 Å². The summed E-state index contributed by atoms with van der Waals surface area (Å²) in [5, 5.41) is 13.3. The van der Waals surface area contributed by atoms with Gasteiger partial charge in [0.25, 0.3) is 0 Å². The van der Waals surface area contributed by atoms with Gasteiger partial charge in [-0.3, -0.25) is 4.67 Å². The van der Waals surface area contributed by atoms with Crippen LogP contribution in [0.1, 0.15) is 41.9 Å². The zero-order valence-electron chi connectivity index (χ0n) is 14.8. The number of ether oxygens (including phenoxy) is 1. The molecule has 1 saturated heterocycles. The summed E-state index contributed by atoms with van der Waals surface area (Å²) in [5.41, 5.74) is 0. The van der Waals surface area contributed by atoms with Crippen LogP contribution in [-0.4, -0.2) is 54.9 Å². The van der Waals surface area contributed by atoms with Crippen molar-refractivity contribution in [1.82, 2.24) is 4.67 Å². The highest BCUT2D eigenvalue weighted by atomic mass is 31.2. The minimum atomic E-state index is -0.946. The van der Waals surface area contributed by atoms with Crippen molar-refractivity contribution in [2.45, 2.75) is 64.8 Å². The molecule has 1 aliphatic rings. The third kappa shape index (κ3) is 4.95. The van der Waals surface area contributed by atoms with Gasteiger partial charge in [-0.05, 0) is 34.1 Å². The fourth-order valence-electron chi connectivity index (χ4n) is 2.41. The van der Waals surface area contributed by atoms with E-state index in [9.17, 15) is 0 Å². The van der Waals surface area contributed by atoms with Crippen molar-refractivity contribution in [3.8, 4) is 6.07 Å². The van der Waals surface area contributed by atoms with Gasteiger partial charge < -0.3 is 14.4 Å². The Morgan fingerprint density at radius 3 is 2.85 bits per heavy atom. The second kappa shape index (κ2) is 8.92. The summed E-state index contributed by atoms with van der Waals surface area (Å²) in [6.07, 6.45) is 0.962. The van der Waals surface area contributed by atoms with Crippen molar-refractivity contribution >= 4 is 8.30 Å². The Morgan fingerprint density at radius 2 is 2.30 bits per heavy atom. The van der Waals surface area contributed by atoms with Crippen LogP contribution >= 0.6 is 8.30 Å². The van der Waals surface area contributed by atoms with Gasteiger partial charge in [0.15, 0.2) is 0 Å². The van der Waals surface area contributed by atoms with Crippen LogP contribution in [0.5, 0.6) is 0 Å². The first kappa shape index (κ1) is 14.7. The minimum absolute atomic E-state index is 0.102. The standard InChI is InChI=1S/C14H27N2O3P/c1-11(2)16(12(3)4)20(9-5-7-15)19-13-6-8-18-14(13)10-17/h11-14,17H,5-6,8-10H2,1-4H3/t13?,14-,20?/m1/s1/i8T,17D/t8-,13?,14+,20?/m0. The van der Waals surface area contributed by atoms with Gasteiger partial charge in [0.1, 0.15) is 14.4 Å². The molecule has 0 radical (unpaired) electrons. The number of aliphatic hydroxyl groups is 1. The molecule has 0 saturated carbocycles. The molecule has 0 amide bonds. The summed E-state index contributed by atoms with van der Waals surface area (Å²) in [5.74, 6) is 0. The first-order valence-electron chi connectivity index (χ1n) is 8.14. The van der Waals surface area contributed by atoms with Crippen LogP contribution in [0.3, 0.4) is 0 Å². The van der Waals surface area contributed by atoms with E-state index in [4.69, 9.17) is 17.3 Å². The molecule has 0 bridgehead atoms. The summed E-state index contributed by atoms with van der Waals surface area (Å²) >= 11 is 0. The third-order valence-corrected chi connectivity index (χ3v) is 5.73. The SMILES string of the molecule is [2H]OC[C@H]1O[C@@H]([3H])CC1OP(CCC#N)N(C(C)C)C(C)C. The number of rotatable bonds is 9. The van der Waals surface area contributed by atoms with E-state index in [0.717, 1.165) is 0 Å². The summed E-state index contributed by atoms with van der Waals surface area (Å²) in [6, 6.07) is 2.81. The molecule has 0 aliphatic carbocycles. The van der Waals surface area contributed by atoms with Gasteiger partial charge in [0.2, 0.25) is 1.43 Å². The predicted molar refractivity (Wildman–Crippen MR) is 80.4 cm³/mol. The van der Waals surface area contributed by atoms with Crippen molar-refractivity contribution in [2.75, 3.05) is 19.4 Å². The monoisotopic (exact) mass is 305 g/mol. The van der Waals surface area contributed by atoms with Crippen LogP contribution in [0.15, 0.2) is 0 Å². The van der Waals surface area contributed by atoms with Crippen molar-refractivity contribution in [3.63, 3.8) is 0 Å². The number of nitrogens with zero attached hydrogens (tertiary/aromatic N) is 2. The Balaban J connectivity index is 2.80. The molecule has 116 valence electrons. The normalized spacial score (nSPS) is 29.6. The lowest BCUT2D eigenvalue weighted by Crippen LogP contribution is -2.36. The molecule has 0 spiro atoms. The molecule has 4 atom stereocenters. The van der Waals surface area contributed by atoms with E-state index >= 15 is 0 Å². The Kier molecular flexibility index (Phi) is 6.55. The van der Waals surface area contributed by atoms with Crippen molar-refractivity contribution in [3.05, 3.63) is 0 Å². The van der Waals surface area contributed by atoms with E-state index in [1.807, 2.05) is 0 Å². The minimum Gasteiger partial charge on any atom is -0.394 e. The highest BCUT2D eigenvalue weighted by Gasteiger charge is 2.34. The van der Waals surface area contributed by atoms with Crippen molar-refractivity contribution < 1.29 is 15.7 Å². The Hall–Kier alpha value is -0.240. The Labute approximate surface area is 126 Å². The Bertz CT molecular complexity index is 360. The maximum Gasteiger partial charge on any atom is 0.210 e. The van der Waals surface area contributed by atoms with Crippen LogP contribution in [0.25, 0.3) is 0 Å². The average molecular weight is 305 g/mol. The molecule has 6 heteroatoms. The number of hydrogen-bond donors (Lipinski definition) is 1. The fourth-order valence-corrected chi connectivity index (χ4v) is 4.71. The fraction of sp³-hybridized carbons (Fsp3) is 0.929. The first-order chi connectivity index (χ1) is 10.4. The molecule has 0 aromatic heterocycles. The Morgan fingerprint density at radius 1 is 1.60 bits per heavy atom. The topological polar surface area (TPSA) is 65.7 Å². The summed E-state index contributed by atoms with van der Waals surface area (Å²) in [4.78, 5) is 0. The lowest BCUT2D eigenvalue weighted by Gasteiger charge is -2.38. The second-order valence-electron chi connectivity index (χ2n) is 5.44. The van der Waals surface area contributed by atoms with Gasteiger partial charge >= 0.3 is 0 Å². The van der Waals surface area contributed by atoms with Gasteiger partial charge in [-0.1, -0.05) is 0 Å². The van der Waals surface area contributed by atoms with E-state index in [1.165, 1.54) is 0 Å². The molecule has 2 unspecified atom stereocenters. The molecular formula is C14H27N2O3P. The summed E-state index contributed by atoms with van der Waals surface area (Å²) in [6.45, 7) is 7.94. The largest absolute Gasteiger partial charge is 0.394 e. The van der Waals surface area contributed by atoms with E-state index in [2.05, 4.69) is 43.5 Å². The third-order valence-electron chi connectivity index (χ3n) is 3.17. The lowest BCUT2D eigenvalue weighted by atomic mass is 10.2. The van der Waals surface area contributed by atoms with E-state index in [1.54, 1.807) is 0 Å². The van der Waals surface area contributed by atoms with Crippen molar-refractivity contribution in [1.29, 1.82) is 6.69 Å². The van der Waals surface area contributed by atoms with E-state index in [-0.39, 0.29) is 18.8 Å².